The molecule has 6 nitrogen and oxygen atoms in total. The van der Waals surface area contributed by atoms with Gasteiger partial charge in [0.05, 0.1) is 6.42 Å². The van der Waals surface area contributed by atoms with Gasteiger partial charge < -0.3 is 10.1 Å². The van der Waals surface area contributed by atoms with Gasteiger partial charge in [-0.05, 0) is 17.7 Å². The summed E-state index contributed by atoms with van der Waals surface area (Å²) < 4.78 is 52.9. The molecule has 0 aliphatic heterocycles. The highest BCUT2D eigenvalue weighted by molar-refractivity contribution is 5.95. The fourth-order valence-corrected chi connectivity index (χ4v) is 1.40. The van der Waals surface area contributed by atoms with Gasteiger partial charge in [-0.15, -0.1) is 0 Å². The third-order valence-electron chi connectivity index (χ3n) is 2.30. The lowest BCUT2D eigenvalue weighted by atomic mass is 10.1. The molecule has 0 bridgehead atoms. The van der Waals surface area contributed by atoms with Gasteiger partial charge in [-0.25, -0.2) is 9.18 Å². The van der Waals surface area contributed by atoms with E-state index in [9.17, 15) is 31.9 Å². The summed E-state index contributed by atoms with van der Waals surface area (Å²) in [6.45, 7) is -2.46. The van der Waals surface area contributed by atoms with Crippen LogP contribution >= 0.6 is 0 Å². The molecule has 0 unspecified atom stereocenters. The molecule has 1 rings (SSSR count). The van der Waals surface area contributed by atoms with Crippen LogP contribution in [-0.4, -0.2) is 37.2 Å². The zero-order valence-electron chi connectivity index (χ0n) is 11.6. The first-order chi connectivity index (χ1) is 10.7. The van der Waals surface area contributed by atoms with E-state index in [0.29, 0.717) is 5.56 Å². The van der Waals surface area contributed by atoms with Crippen LogP contribution < -0.4 is 10.6 Å². The molecule has 0 heterocycles. The number of urea groups is 1. The first kappa shape index (κ1) is 18.4. The molecule has 0 spiro atoms. The second kappa shape index (κ2) is 8.11. The smallest absolute Gasteiger partial charge is 0.405 e. The Hall–Kier alpha value is -2.65. The van der Waals surface area contributed by atoms with Crippen molar-refractivity contribution in [1.29, 1.82) is 0 Å². The first-order valence-electron chi connectivity index (χ1n) is 6.20. The van der Waals surface area contributed by atoms with E-state index in [0.717, 1.165) is 6.07 Å². The van der Waals surface area contributed by atoms with Gasteiger partial charge in [0.25, 0.3) is 5.91 Å². The van der Waals surface area contributed by atoms with Crippen LogP contribution in [-0.2, 0) is 20.7 Å². The first-order valence-corrected chi connectivity index (χ1v) is 6.20. The summed E-state index contributed by atoms with van der Waals surface area (Å²) in [6, 6.07) is 3.77. The third-order valence-corrected chi connectivity index (χ3v) is 2.30. The number of imide groups is 1. The number of halogens is 4. The molecule has 10 heteroatoms. The predicted molar refractivity (Wildman–Crippen MR) is 68.7 cm³/mol. The zero-order valence-corrected chi connectivity index (χ0v) is 11.6. The molecule has 126 valence electrons. The van der Waals surface area contributed by atoms with Crippen LogP contribution in [0.3, 0.4) is 0 Å². The van der Waals surface area contributed by atoms with Crippen molar-refractivity contribution in [1.82, 2.24) is 10.6 Å². The van der Waals surface area contributed by atoms with Crippen LogP contribution in [0.4, 0.5) is 22.4 Å². The third kappa shape index (κ3) is 8.39. The minimum atomic E-state index is -4.61. The molecule has 1 aromatic carbocycles. The van der Waals surface area contributed by atoms with Crippen LogP contribution in [0.2, 0.25) is 0 Å². The van der Waals surface area contributed by atoms with Crippen molar-refractivity contribution < 1.29 is 36.7 Å². The number of carbonyl (C=O) groups excluding carboxylic acids is 3. The molecule has 3 amide bonds. The lowest BCUT2D eigenvalue weighted by molar-refractivity contribution is -0.147. The van der Waals surface area contributed by atoms with Crippen LogP contribution in [0.25, 0.3) is 0 Å². The molecule has 0 saturated carbocycles. The SMILES string of the molecule is O=C(COC(=O)Cc1cccc(F)c1)NC(=O)NCC(F)(F)F. The molecule has 0 atom stereocenters. The second-order valence-electron chi connectivity index (χ2n) is 4.31. The molecule has 0 fully saturated rings. The summed E-state index contributed by atoms with van der Waals surface area (Å²) in [7, 11) is 0. The van der Waals surface area contributed by atoms with E-state index in [4.69, 9.17) is 0 Å². The van der Waals surface area contributed by atoms with E-state index >= 15 is 0 Å². The number of esters is 1. The summed E-state index contributed by atoms with van der Waals surface area (Å²) in [5.41, 5.74) is 0.318. The van der Waals surface area contributed by atoms with Gasteiger partial charge in [0, 0.05) is 0 Å². The van der Waals surface area contributed by atoms with E-state index in [-0.39, 0.29) is 6.42 Å². The minimum Gasteiger partial charge on any atom is -0.455 e. The van der Waals surface area contributed by atoms with Crippen LogP contribution in [0.1, 0.15) is 5.56 Å². The number of rotatable bonds is 5. The van der Waals surface area contributed by atoms with Gasteiger partial charge in [-0.3, -0.25) is 14.9 Å². The lowest BCUT2D eigenvalue weighted by Gasteiger charge is -2.09. The summed E-state index contributed by atoms with van der Waals surface area (Å²) in [4.78, 5) is 33.5. The summed E-state index contributed by atoms with van der Waals surface area (Å²) in [5, 5.41) is 2.96. The van der Waals surface area contributed by atoms with E-state index in [1.165, 1.54) is 23.5 Å². The number of ether oxygens (including phenoxy) is 1. The number of alkyl halides is 3. The summed E-state index contributed by atoms with van der Waals surface area (Å²) in [5.74, 6) is -2.51. The van der Waals surface area contributed by atoms with Gasteiger partial charge >= 0.3 is 18.2 Å². The van der Waals surface area contributed by atoms with E-state index in [1.807, 2.05) is 0 Å². The standard InChI is InChI=1S/C13H12F4N2O4/c14-9-3-1-2-8(4-9)5-11(21)23-6-10(20)19-12(22)18-7-13(15,16)17/h1-4H,5-7H2,(H2,18,19,20,22). The Morgan fingerprint density at radius 1 is 1.17 bits per heavy atom. The Morgan fingerprint density at radius 3 is 2.48 bits per heavy atom. The Kier molecular flexibility index (Phi) is 6.49. The van der Waals surface area contributed by atoms with Crippen molar-refractivity contribution >= 4 is 17.9 Å². The van der Waals surface area contributed by atoms with Crippen molar-refractivity contribution in [3.63, 3.8) is 0 Å². The topological polar surface area (TPSA) is 84.5 Å². The van der Waals surface area contributed by atoms with E-state index in [1.54, 1.807) is 5.32 Å². The monoisotopic (exact) mass is 336 g/mol. The maximum absolute atomic E-state index is 12.9. The van der Waals surface area contributed by atoms with E-state index < -0.39 is 43.1 Å². The molecular weight excluding hydrogens is 324 g/mol. The Balaban J connectivity index is 2.30. The molecule has 0 radical (unpaired) electrons. The zero-order chi connectivity index (χ0) is 17.5. The highest BCUT2D eigenvalue weighted by Gasteiger charge is 2.28. The quantitative estimate of drug-likeness (QED) is 0.627. The normalized spacial score (nSPS) is 10.8. The van der Waals surface area contributed by atoms with Crippen molar-refractivity contribution in [3.05, 3.63) is 35.6 Å². The molecule has 0 aliphatic rings. The second-order valence-corrected chi connectivity index (χ2v) is 4.31. The average molecular weight is 336 g/mol. The molecule has 1 aromatic rings. The highest BCUT2D eigenvalue weighted by atomic mass is 19.4. The van der Waals surface area contributed by atoms with Gasteiger partial charge in [-0.1, -0.05) is 12.1 Å². The van der Waals surface area contributed by atoms with Gasteiger partial charge in [0.1, 0.15) is 12.4 Å². The summed E-state index contributed by atoms with van der Waals surface area (Å²) >= 11 is 0. The fraction of sp³-hybridized carbons (Fsp3) is 0.308. The maximum Gasteiger partial charge on any atom is 0.405 e. The van der Waals surface area contributed by atoms with Crippen molar-refractivity contribution in [2.45, 2.75) is 12.6 Å². The minimum absolute atomic E-state index is 0.300. The number of hydrogen-bond donors (Lipinski definition) is 2. The molecule has 2 N–H and O–H groups in total. The van der Waals surface area contributed by atoms with Crippen LogP contribution in [0.15, 0.2) is 24.3 Å². The molecule has 0 aromatic heterocycles. The van der Waals surface area contributed by atoms with Crippen LogP contribution in [0.5, 0.6) is 0 Å². The Bertz CT molecular complexity index is 590. The van der Waals surface area contributed by atoms with Gasteiger partial charge in [0.15, 0.2) is 6.61 Å². The molecule has 23 heavy (non-hydrogen) atoms. The number of benzene rings is 1. The average Bonchev–Trinajstić information content (AvgIpc) is 2.42. The van der Waals surface area contributed by atoms with E-state index in [2.05, 4.69) is 4.74 Å². The highest BCUT2D eigenvalue weighted by Crippen LogP contribution is 2.11. The van der Waals surface area contributed by atoms with Crippen molar-refractivity contribution in [2.75, 3.05) is 13.2 Å². The molecule has 0 saturated heterocycles. The van der Waals surface area contributed by atoms with Gasteiger partial charge in [-0.2, -0.15) is 13.2 Å². The predicted octanol–water partition coefficient (Wildman–Crippen LogP) is 1.30. The molecular formula is C13H12F4N2O4. The van der Waals surface area contributed by atoms with Gasteiger partial charge in [0.2, 0.25) is 0 Å². The Morgan fingerprint density at radius 2 is 1.87 bits per heavy atom. The number of amides is 3. The largest absolute Gasteiger partial charge is 0.455 e. The number of hydrogen-bond acceptors (Lipinski definition) is 4. The fourth-order valence-electron chi connectivity index (χ4n) is 1.40. The lowest BCUT2D eigenvalue weighted by Crippen LogP contribution is -2.44. The molecule has 0 aliphatic carbocycles. The Labute approximate surface area is 127 Å². The maximum atomic E-state index is 12.9. The summed E-state index contributed by atoms with van der Waals surface area (Å²) in [6.07, 6.45) is -4.91. The van der Waals surface area contributed by atoms with Crippen molar-refractivity contribution in [3.8, 4) is 0 Å². The number of carbonyl (C=O) groups is 3. The van der Waals surface area contributed by atoms with Crippen LogP contribution in [0, 0.1) is 5.82 Å². The van der Waals surface area contributed by atoms with Crippen molar-refractivity contribution in [2.24, 2.45) is 0 Å². The number of nitrogens with one attached hydrogen (secondary N) is 2.